The zero-order valence-electron chi connectivity index (χ0n) is 17.6. The van der Waals surface area contributed by atoms with Crippen LogP contribution in [0.15, 0.2) is 48.0 Å². The van der Waals surface area contributed by atoms with Crippen molar-refractivity contribution in [2.75, 3.05) is 26.4 Å². The maximum Gasteiger partial charge on any atom is 0.295 e. The molecule has 0 aliphatic carbocycles. The molecule has 1 fully saturated rings. The quantitative estimate of drug-likeness (QED) is 0.433. The number of amides is 1. The number of nitrogens with zero attached hydrogens (tertiary/aromatic N) is 1. The molecule has 1 N–H and O–H groups in total. The maximum atomic E-state index is 13.0. The van der Waals surface area contributed by atoms with Gasteiger partial charge in [-0.1, -0.05) is 25.1 Å². The molecule has 1 atom stereocenters. The lowest BCUT2D eigenvalue weighted by Gasteiger charge is -2.26. The second-order valence-corrected chi connectivity index (χ2v) is 7.36. The monoisotopic (exact) mass is 423 g/mol. The van der Waals surface area contributed by atoms with Crippen molar-refractivity contribution in [1.29, 1.82) is 0 Å². The van der Waals surface area contributed by atoms with Crippen LogP contribution in [0.4, 0.5) is 0 Å². The lowest BCUT2D eigenvalue weighted by atomic mass is 9.94. The number of Topliss-reactive ketones (excluding diaryl/α,β-unsaturated/α-hetero) is 1. The number of aliphatic hydroxyl groups is 1. The third kappa shape index (κ3) is 3.83. The van der Waals surface area contributed by atoms with Crippen LogP contribution in [0.2, 0.25) is 0 Å². The molecule has 0 bridgehead atoms. The Morgan fingerprint density at radius 2 is 1.87 bits per heavy atom. The summed E-state index contributed by atoms with van der Waals surface area (Å²) in [4.78, 5) is 27.3. The van der Waals surface area contributed by atoms with E-state index in [1.54, 1.807) is 42.5 Å². The van der Waals surface area contributed by atoms with Crippen LogP contribution in [-0.2, 0) is 9.59 Å². The number of aliphatic hydroxyl groups excluding tert-OH is 1. The lowest BCUT2D eigenvalue weighted by molar-refractivity contribution is -0.139. The number of hydrogen-bond acceptors (Lipinski definition) is 6. The Bertz CT molecular complexity index is 1040. The number of likely N-dealkylation sites (tertiary alicyclic amines) is 1. The Morgan fingerprint density at radius 1 is 1.10 bits per heavy atom. The van der Waals surface area contributed by atoms with Crippen LogP contribution in [0.25, 0.3) is 5.76 Å². The van der Waals surface area contributed by atoms with Gasteiger partial charge in [0, 0.05) is 12.1 Å². The predicted molar refractivity (Wildman–Crippen MR) is 114 cm³/mol. The zero-order chi connectivity index (χ0) is 22.0. The maximum absolute atomic E-state index is 13.0. The predicted octanol–water partition coefficient (Wildman–Crippen LogP) is 3.69. The van der Waals surface area contributed by atoms with Crippen molar-refractivity contribution in [2.45, 2.75) is 26.3 Å². The first-order chi connectivity index (χ1) is 15.0. The number of ketones is 1. The molecule has 1 saturated heterocycles. The SMILES string of the molecule is CCCN1C(=O)C(=O)/C(=C(\O)c2cccc(OCC)c2)C1c1ccc2c(c1)OCCO2. The van der Waals surface area contributed by atoms with E-state index in [1.807, 2.05) is 13.8 Å². The van der Waals surface area contributed by atoms with Gasteiger partial charge < -0.3 is 24.2 Å². The number of rotatable bonds is 6. The number of fused-ring (bicyclic) bond motifs is 1. The van der Waals surface area contributed by atoms with Crippen LogP contribution in [0, 0.1) is 0 Å². The Labute approximate surface area is 180 Å². The molecular weight excluding hydrogens is 398 g/mol. The third-order valence-corrected chi connectivity index (χ3v) is 5.30. The van der Waals surface area contributed by atoms with Gasteiger partial charge in [-0.15, -0.1) is 0 Å². The molecule has 0 saturated carbocycles. The van der Waals surface area contributed by atoms with E-state index >= 15 is 0 Å². The van der Waals surface area contributed by atoms with Crippen LogP contribution < -0.4 is 14.2 Å². The molecule has 2 aliphatic rings. The molecule has 0 spiro atoms. The Balaban J connectivity index is 1.84. The van der Waals surface area contributed by atoms with Crippen molar-refractivity contribution in [2.24, 2.45) is 0 Å². The zero-order valence-corrected chi connectivity index (χ0v) is 17.6. The van der Waals surface area contributed by atoms with Crippen LogP contribution >= 0.6 is 0 Å². The molecule has 1 unspecified atom stereocenters. The average molecular weight is 423 g/mol. The van der Waals surface area contributed by atoms with Gasteiger partial charge in [0.1, 0.15) is 24.7 Å². The summed E-state index contributed by atoms with van der Waals surface area (Å²) in [5, 5.41) is 11.1. The molecule has 1 amide bonds. The van der Waals surface area contributed by atoms with Crippen LogP contribution in [0.3, 0.4) is 0 Å². The smallest absolute Gasteiger partial charge is 0.295 e. The molecule has 31 heavy (non-hydrogen) atoms. The van der Waals surface area contributed by atoms with E-state index in [9.17, 15) is 14.7 Å². The van der Waals surface area contributed by atoms with Gasteiger partial charge >= 0.3 is 0 Å². The van der Waals surface area contributed by atoms with E-state index < -0.39 is 17.7 Å². The van der Waals surface area contributed by atoms with Crippen molar-refractivity contribution in [3.63, 3.8) is 0 Å². The van der Waals surface area contributed by atoms with Gasteiger partial charge in [-0.2, -0.15) is 0 Å². The number of hydrogen-bond donors (Lipinski definition) is 1. The topological polar surface area (TPSA) is 85.3 Å². The van der Waals surface area contributed by atoms with Gasteiger partial charge in [-0.3, -0.25) is 9.59 Å². The van der Waals surface area contributed by atoms with Crippen molar-refractivity contribution >= 4 is 17.4 Å². The Kier molecular flexibility index (Phi) is 5.84. The van der Waals surface area contributed by atoms with Gasteiger partial charge in [-0.05, 0) is 43.2 Å². The number of ether oxygens (including phenoxy) is 3. The van der Waals surface area contributed by atoms with Crippen molar-refractivity contribution in [1.82, 2.24) is 4.90 Å². The summed E-state index contributed by atoms with van der Waals surface area (Å²) < 4.78 is 16.8. The minimum atomic E-state index is -0.716. The summed E-state index contributed by atoms with van der Waals surface area (Å²) >= 11 is 0. The average Bonchev–Trinajstić information content (AvgIpc) is 3.04. The summed E-state index contributed by atoms with van der Waals surface area (Å²) in [5.74, 6) is 0.205. The van der Waals surface area contributed by atoms with Crippen molar-refractivity contribution in [3.05, 3.63) is 59.2 Å². The lowest BCUT2D eigenvalue weighted by Crippen LogP contribution is -2.30. The summed E-state index contributed by atoms with van der Waals surface area (Å²) in [6, 6.07) is 11.5. The standard InChI is InChI=1S/C24H25NO6/c1-3-10-25-21(15-8-9-18-19(14-15)31-12-11-30-18)20(23(27)24(25)28)22(26)16-6-5-7-17(13-16)29-4-2/h5-9,13-14,21,26H,3-4,10-12H2,1-2H3/b22-20-. The highest BCUT2D eigenvalue weighted by Gasteiger charge is 2.46. The second kappa shape index (κ2) is 8.71. The molecule has 2 aromatic rings. The van der Waals surface area contributed by atoms with Crippen LogP contribution in [-0.4, -0.2) is 48.1 Å². The highest BCUT2D eigenvalue weighted by atomic mass is 16.6. The third-order valence-electron chi connectivity index (χ3n) is 5.30. The first-order valence-electron chi connectivity index (χ1n) is 10.5. The Morgan fingerprint density at radius 3 is 2.61 bits per heavy atom. The summed E-state index contributed by atoms with van der Waals surface area (Å²) in [6.45, 7) is 5.56. The molecule has 0 aromatic heterocycles. The van der Waals surface area contributed by atoms with Crippen LogP contribution in [0.1, 0.15) is 37.4 Å². The van der Waals surface area contributed by atoms with E-state index in [-0.39, 0.29) is 11.3 Å². The molecule has 2 aromatic carbocycles. The van der Waals surface area contributed by atoms with Crippen LogP contribution in [0.5, 0.6) is 17.2 Å². The number of carbonyl (C=O) groups excluding carboxylic acids is 2. The highest BCUT2D eigenvalue weighted by molar-refractivity contribution is 6.46. The molecule has 0 radical (unpaired) electrons. The molecule has 2 aliphatic heterocycles. The fourth-order valence-corrected chi connectivity index (χ4v) is 3.98. The van der Waals surface area contributed by atoms with Crippen molar-refractivity contribution < 1.29 is 28.9 Å². The first-order valence-corrected chi connectivity index (χ1v) is 10.5. The van der Waals surface area contributed by atoms with E-state index in [2.05, 4.69) is 0 Å². The van der Waals surface area contributed by atoms with E-state index in [0.717, 1.165) is 0 Å². The summed E-state index contributed by atoms with van der Waals surface area (Å²) in [5.41, 5.74) is 1.16. The fourth-order valence-electron chi connectivity index (χ4n) is 3.98. The normalized spacial score (nSPS) is 19.5. The van der Waals surface area contributed by atoms with Gasteiger partial charge in [-0.25, -0.2) is 0 Å². The van der Waals surface area contributed by atoms with Gasteiger partial charge in [0.15, 0.2) is 11.5 Å². The van der Waals surface area contributed by atoms with Gasteiger partial charge in [0.05, 0.1) is 18.2 Å². The fraction of sp³-hybridized carbons (Fsp3) is 0.333. The summed E-state index contributed by atoms with van der Waals surface area (Å²) in [7, 11) is 0. The first kappa shape index (κ1) is 20.8. The van der Waals surface area contributed by atoms with Crippen molar-refractivity contribution in [3.8, 4) is 17.2 Å². The summed E-state index contributed by atoms with van der Waals surface area (Å²) in [6.07, 6.45) is 0.675. The van der Waals surface area contributed by atoms with Gasteiger partial charge in [0.25, 0.3) is 11.7 Å². The van der Waals surface area contributed by atoms with E-state index in [4.69, 9.17) is 14.2 Å². The Hall–Kier alpha value is -3.48. The second-order valence-electron chi connectivity index (χ2n) is 7.36. The minimum absolute atomic E-state index is 0.0591. The van der Waals surface area contributed by atoms with Gasteiger partial charge in [0.2, 0.25) is 0 Å². The number of benzene rings is 2. The number of carbonyl (C=O) groups is 2. The molecule has 4 rings (SSSR count). The van der Waals surface area contributed by atoms with E-state index in [0.29, 0.717) is 61.2 Å². The highest BCUT2D eigenvalue weighted by Crippen LogP contribution is 2.42. The molecule has 162 valence electrons. The molecule has 7 nitrogen and oxygen atoms in total. The minimum Gasteiger partial charge on any atom is -0.507 e. The molecule has 7 heteroatoms. The largest absolute Gasteiger partial charge is 0.507 e. The molecule has 2 heterocycles. The van der Waals surface area contributed by atoms with E-state index in [1.165, 1.54) is 4.90 Å². The molecular formula is C24H25NO6.